The highest BCUT2D eigenvalue weighted by Gasteiger charge is 2.61. The maximum atomic E-state index is 14.6. The summed E-state index contributed by atoms with van der Waals surface area (Å²) in [6, 6.07) is 9.71. The van der Waals surface area contributed by atoms with Crippen LogP contribution in [-0.4, -0.2) is 48.8 Å². The Labute approximate surface area is 171 Å². The summed E-state index contributed by atoms with van der Waals surface area (Å²) in [4.78, 5) is 1.63. The average Bonchev–Trinajstić information content (AvgIpc) is 2.68. The van der Waals surface area contributed by atoms with Gasteiger partial charge in [0.1, 0.15) is 0 Å². The smallest absolute Gasteiger partial charge is 0.411 e. The van der Waals surface area contributed by atoms with Crippen molar-refractivity contribution in [3.05, 3.63) is 53.1 Å². The number of halogens is 3. The zero-order valence-corrected chi connectivity index (χ0v) is 17.6. The molecule has 0 aliphatic carbocycles. The van der Waals surface area contributed by atoms with E-state index in [9.17, 15) is 17.4 Å². The molecule has 1 unspecified atom stereocenters. The van der Waals surface area contributed by atoms with E-state index in [4.69, 9.17) is 9.47 Å². The van der Waals surface area contributed by atoms with E-state index in [1.165, 1.54) is 32.2 Å². The normalized spacial score (nSPS) is 20.8. The summed E-state index contributed by atoms with van der Waals surface area (Å²) in [5.74, 6) is 0.00117. The van der Waals surface area contributed by atoms with E-state index in [0.717, 1.165) is 5.56 Å². The van der Waals surface area contributed by atoms with E-state index in [-0.39, 0.29) is 17.9 Å². The van der Waals surface area contributed by atoms with Crippen LogP contribution in [0.15, 0.2) is 41.3 Å². The monoisotopic (exact) mass is 427 g/mol. The van der Waals surface area contributed by atoms with Gasteiger partial charge in [0.25, 0.3) is 0 Å². The molecule has 0 bridgehead atoms. The number of nitrogens with zero attached hydrogens (tertiary/aromatic N) is 1. The van der Waals surface area contributed by atoms with Gasteiger partial charge in [-0.1, -0.05) is 17.7 Å². The molecule has 0 spiro atoms. The SMILES string of the molecule is COc1cc2c(cc1OC)[C@@](CS(=O)c1ccc(C)cc1)(C(F)(F)F)N(C)CC2. The fraction of sp³-hybridized carbons (Fsp3) is 0.429. The highest BCUT2D eigenvalue weighted by atomic mass is 32.2. The van der Waals surface area contributed by atoms with Gasteiger partial charge in [-0.3, -0.25) is 9.11 Å². The first-order valence-corrected chi connectivity index (χ1v) is 10.4. The maximum Gasteiger partial charge on any atom is 0.411 e. The van der Waals surface area contributed by atoms with Crippen molar-refractivity contribution in [1.29, 1.82) is 0 Å². The number of alkyl halides is 3. The summed E-state index contributed by atoms with van der Waals surface area (Å²) in [6.07, 6.45) is -4.21. The lowest BCUT2D eigenvalue weighted by atomic mass is 9.81. The summed E-state index contributed by atoms with van der Waals surface area (Å²) in [7, 11) is 2.41. The number of aryl methyl sites for hydroxylation is 1. The molecule has 2 atom stereocenters. The Morgan fingerprint density at radius 3 is 2.24 bits per heavy atom. The molecule has 1 aliphatic rings. The highest BCUT2D eigenvalue weighted by molar-refractivity contribution is 7.85. The first-order valence-electron chi connectivity index (χ1n) is 9.12. The van der Waals surface area contributed by atoms with Crippen LogP contribution >= 0.6 is 0 Å². The largest absolute Gasteiger partial charge is 0.493 e. The van der Waals surface area contributed by atoms with Crippen molar-refractivity contribution in [2.24, 2.45) is 0 Å². The fourth-order valence-electron chi connectivity index (χ4n) is 3.80. The minimum absolute atomic E-state index is 0.0665. The van der Waals surface area contributed by atoms with Crippen molar-refractivity contribution in [1.82, 2.24) is 4.90 Å². The van der Waals surface area contributed by atoms with Crippen molar-refractivity contribution in [2.75, 3.05) is 33.6 Å². The fourth-order valence-corrected chi connectivity index (χ4v) is 5.32. The standard InChI is InChI=1S/C21H24F3NO3S/c1-14-5-7-16(8-6-14)29(26)13-20(21(22,23)24)17-12-19(28-4)18(27-3)11-15(17)9-10-25(20)2/h5-8,11-12H,9-10,13H2,1-4H3/t20-,29?/m0/s1. The summed E-state index contributed by atoms with van der Waals surface area (Å²) >= 11 is 0. The predicted molar refractivity (Wildman–Crippen MR) is 106 cm³/mol. The van der Waals surface area contributed by atoms with Gasteiger partial charge in [-0.25, -0.2) is 0 Å². The molecule has 1 heterocycles. The van der Waals surface area contributed by atoms with Crippen molar-refractivity contribution in [2.45, 2.75) is 30.0 Å². The molecule has 0 N–H and O–H groups in total. The molecule has 2 aromatic rings. The van der Waals surface area contributed by atoms with E-state index in [2.05, 4.69) is 0 Å². The van der Waals surface area contributed by atoms with Gasteiger partial charge in [-0.05, 0) is 55.8 Å². The Morgan fingerprint density at radius 1 is 1.10 bits per heavy atom. The first kappa shape index (κ1) is 21.6. The van der Waals surface area contributed by atoms with Crippen molar-refractivity contribution in [3.8, 4) is 11.5 Å². The molecular weight excluding hydrogens is 403 g/mol. The molecule has 3 rings (SSSR count). The van der Waals surface area contributed by atoms with E-state index < -0.39 is 28.3 Å². The molecular formula is C21H24F3NO3S. The average molecular weight is 427 g/mol. The van der Waals surface area contributed by atoms with Crippen LogP contribution in [0.3, 0.4) is 0 Å². The predicted octanol–water partition coefficient (Wildman–Crippen LogP) is 4.07. The minimum Gasteiger partial charge on any atom is -0.493 e. The van der Waals surface area contributed by atoms with Crippen molar-refractivity contribution in [3.63, 3.8) is 0 Å². The zero-order valence-electron chi connectivity index (χ0n) is 16.8. The van der Waals surface area contributed by atoms with Gasteiger partial charge >= 0.3 is 6.18 Å². The minimum atomic E-state index is -4.64. The second-order valence-electron chi connectivity index (χ2n) is 7.20. The van der Waals surface area contributed by atoms with Crippen LogP contribution in [0.25, 0.3) is 0 Å². The lowest BCUT2D eigenvalue weighted by Crippen LogP contribution is -2.60. The van der Waals surface area contributed by atoms with E-state index in [0.29, 0.717) is 22.6 Å². The molecule has 0 saturated heterocycles. The highest BCUT2D eigenvalue weighted by Crippen LogP contribution is 2.50. The summed E-state index contributed by atoms with van der Waals surface area (Å²) in [5, 5.41) is 0. The molecule has 0 radical (unpaired) electrons. The van der Waals surface area contributed by atoms with Gasteiger partial charge in [0.2, 0.25) is 0 Å². The summed E-state index contributed by atoms with van der Waals surface area (Å²) in [6.45, 7) is 2.06. The molecule has 1 aliphatic heterocycles. The second-order valence-corrected chi connectivity index (χ2v) is 8.65. The van der Waals surface area contributed by atoms with Crippen LogP contribution in [0.5, 0.6) is 11.5 Å². The number of benzene rings is 2. The van der Waals surface area contributed by atoms with Crippen LogP contribution in [0.1, 0.15) is 16.7 Å². The third kappa shape index (κ3) is 3.75. The molecule has 0 saturated carbocycles. The van der Waals surface area contributed by atoms with Crippen LogP contribution in [-0.2, 0) is 22.8 Å². The third-order valence-corrected chi connectivity index (χ3v) is 6.99. The summed E-state index contributed by atoms with van der Waals surface area (Å²) in [5.41, 5.74) is -0.848. The van der Waals surface area contributed by atoms with Crippen LogP contribution in [0.4, 0.5) is 13.2 Å². The van der Waals surface area contributed by atoms with E-state index >= 15 is 0 Å². The Kier molecular flexibility index (Phi) is 5.96. The topological polar surface area (TPSA) is 38.8 Å². The van der Waals surface area contributed by atoms with Gasteiger partial charge in [0, 0.05) is 11.4 Å². The van der Waals surface area contributed by atoms with Crippen molar-refractivity contribution >= 4 is 10.8 Å². The number of rotatable bonds is 5. The number of ether oxygens (including phenoxy) is 2. The lowest BCUT2D eigenvalue weighted by Gasteiger charge is -2.47. The quantitative estimate of drug-likeness (QED) is 0.721. The Bertz CT molecular complexity index is 915. The Morgan fingerprint density at radius 2 is 1.69 bits per heavy atom. The molecule has 29 heavy (non-hydrogen) atoms. The Balaban J connectivity index is 2.17. The van der Waals surface area contributed by atoms with Gasteiger partial charge in [0.05, 0.1) is 30.8 Å². The van der Waals surface area contributed by atoms with E-state index in [1.54, 1.807) is 30.3 Å². The van der Waals surface area contributed by atoms with Gasteiger partial charge in [0.15, 0.2) is 17.0 Å². The first-order chi connectivity index (χ1) is 13.6. The van der Waals surface area contributed by atoms with Crippen LogP contribution in [0.2, 0.25) is 0 Å². The second kappa shape index (κ2) is 7.99. The molecule has 4 nitrogen and oxygen atoms in total. The van der Waals surface area contributed by atoms with Crippen molar-refractivity contribution < 1.29 is 26.9 Å². The van der Waals surface area contributed by atoms with Crippen LogP contribution < -0.4 is 9.47 Å². The summed E-state index contributed by atoms with van der Waals surface area (Å²) < 4.78 is 67.5. The third-order valence-electron chi connectivity index (χ3n) is 5.52. The Hall–Kier alpha value is -2.06. The number of hydrogen-bond acceptors (Lipinski definition) is 4. The molecule has 0 aromatic heterocycles. The lowest BCUT2D eigenvalue weighted by molar-refractivity contribution is -0.228. The van der Waals surface area contributed by atoms with Crippen LogP contribution in [0, 0.1) is 6.92 Å². The maximum absolute atomic E-state index is 14.6. The molecule has 8 heteroatoms. The number of likely N-dealkylation sites (N-methyl/N-ethyl adjacent to an activating group) is 1. The molecule has 2 aromatic carbocycles. The molecule has 158 valence electrons. The number of hydrogen-bond donors (Lipinski definition) is 0. The number of methoxy groups -OCH3 is 2. The molecule has 0 amide bonds. The van der Waals surface area contributed by atoms with E-state index in [1.807, 2.05) is 6.92 Å². The number of fused-ring (bicyclic) bond motifs is 1. The van der Waals surface area contributed by atoms with Gasteiger partial charge in [-0.2, -0.15) is 13.2 Å². The zero-order chi connectivity index (χ0) is 21.4. The molecule has 0 fully saturated rings. The van der Waals surface area contributed by atoms with Gasteiger partial charge < -0.3 is 9.47 Å². The van der Waals surface area contributed by atoms with Gasteiger partial charge in [-0.15, -0.1) is 0 Å².